The van der Waals surface area contributed by atoms with Gasteiger partial charge in [-0.05, 0) is 47.6 Å². The molecule has 2 N–H and O–H groups in total. The summed E-state index contributed by atoms with van der Waals surface area (Å²) in [7, 11) is 0. The van der Waals surface area contributed by atoms with Crippen LogP contribution in [-0.2, 0) is 0 Å². The molecule has 3 nitrogen and oxygen atoms in total. The summed E-state index contributed by atoms with van der Waals surface area (Å²) in [6, 6.07) is 15.9. The number of rotatable bonds is 5. The number of urea groups is 1. The van der Waals surface area contributed by atoms with E-state index in [2.05, 4.69) is 50.5 Å². The molecule has 0 aliphatic carbocycles. The Morgan fingerprint density at radius 3 is 2.04 bits per heavy atom. The first kappa shape index (κ1) is 18.1. The minimum absolute atomic E-state index is 0.0364. The van der Waals surface area contributed by atoms with Crippen LogP contribution in [0.5, 0.6) is 0 Å². The molecule has 128 valence electrons. The first-order valence-corrected chi connectivity index (χ1v) is 8.64. The molecule has 1 unspecified atom stereocenters. The maximum absolute atomic E-state index is 12.3. The monoisotopic (exact) mass is 324 g/mol. The Balaban J connectivity index is 2.07. The third kappa shape index (κ3) is 4.60. The van der Waals surface area contributed by atoms with Gasteiger partial charge in [0.05, 0.1) is 6.04 Å². The molecule has 0 aliphatic rings. The predicted molar refractivity (Wildman–Crippen MR) is 102 cm³/mol. The number of hydrogen-bond donors (Lipinski definition) is 2. The van der Waals surface area contributed by atoms with Crippen molar-refractivity contribution in [2.75, 3.05) is 5.32 Å². The van der Waals surface area contributed by atoms with Crippen molar-refractivity contribution in [2.24, 2.45) is 0 Å². The zero-order chi connectivity index (χ0) is 17.7. The Morgan fingerprint density at radius 2 is 1.46 bits per heavy atom. The van der Waals surface area contributed by atoms with Crippen LogP contribution in [0.25, 0.3) is 0 Å². The van der Waals surface area contributed by atoms with Crippen molar-refractivity contribution in [1.82, 2.24) is 5.32 Å². The van der Waals surface area contributed by atoms with Crippen molar-refractivity contribution in [3.63, 3.8) is 0 Å². The summed E-state index contributed by atoms with van der Waals surface area (Å²) in [5.74, 6) is 0.902. The van der Waals surface area contributed by atoms with E-state index in [1.165, 1.54) is 11.1 Å². The van der Waals surface area contributed by atoms with Crippen molar-refractivity contribution >= 4 is 11.7 Å². The van der Waals surface area contributed by atoms with Gasteiger partial charge in [-0.1, -0.05) is 64.1 Å². The molecule has 0 saturated carbocycles. The highest BCUT2D eigenvalue weighted by Crippen LogP contribution is 2.28. The van der Waals surface area contributed by atoms with Crippen LogP contribution in [0.15, 0.2) is 48.5 Å². The number of amides is 2. The molecule has 0 aliphatic heterocycles. The lowest BCUT2D eigenvalue weighted by molar-refractivity contribution is 0.249. The summed E-state index contributed by atoms with van der Waals surface area (Å²) in [6.45, 7) is 10.7. The molecule has 0 spiro atoms. The first-order valence-electron chi connectivity index (χ1n) is 8.64. The summed E-state index contributed by atoms with van der Waals surface area (Å²) < 4.78 is 0. The first-order chi connectivity index (χ1) is 11.4. The summed E-state index contributed by atoms with van der Waals surface area (Å²) in [4.78, 5) is 12.3. The molecule has 2 aromatic rings. The van der Waals surface area contributed by atoms with Crippen molar-refractivity contribution in [3.05, 3.63) is 65.2 Å². The van der Waals surface area contributed by atoms with E-state index in [9.17, 15) is 4.79 Å². The van der Waals surface area contributed by atoms with Gasteiger partial charge in [0.25, 0.3) is 0 Å². The fraction of sp³-hybridized carbons (Fsp3) is 0.381. The van der Waals surface area contributed by atoms with Gasteiger partial charge in [-0.15, -0.1) is 0 Å². The quantitative estimate of drug-likeness (QED) is 0.715. The van der Waals surface area contributed by atoms with Crippen LogP contribution in [0.1, 0.15) is 69.2 Å². The minimum Gasteiger partial charge on any atom is -0.331 e. The van der Waals surface area contributed by atoms with E-state index in [0.29, 0.717) is 11.8 Å². The number of anilines is 1. The number of carbonyl (C=O) groups is 1. The third-order valence-corrected chi connectivity index (χ3v) is 4.24. The van der Waals surface area contributed by atoms with E-state index in [1.807, 2.05) is 43.3 Å². The van der Waals surface area contributed by atoms with Gasteiger partial charge in [-0.3, -0.25) is 0 Å². The number of benzene rings is 2. The van der Waals surface area contributed by atoms with Crippen LogP contribution in [0, 0.1) is 0 Å². The van der Waals surface area contributed by atoms with Gasteiger partial charge in [0, 0.05) is 5.69 Å². The lowest BCUT2D eigenvalue weighted by Gasteiger charge is -2.19. The van der Waals surface area contributed by atoms with Gasteiger partial charge in [0.2, 0.25) is 0 Å². The lowest BCUT2D eigenvalue weighted by Crippen LogP contribution is -2.31. The number of carbonyl (C=O) groups excluding carboxylic acids is 1. The molecular weight excluding hydrogens is 296 g/mol. The van der Waals surface area contributed by atoms with Crippen LogP contribution in [-0.4, -0.2) is 6.03 Å². The lowest BCUT2D eigenvalue weighted by atomic mass is 9.90. The SMILES string of the molecule is CC(C)c1ccc(NC(=O)NC(C)c2ccccc2)cc1C(C)C. The highest BCUT2D eigenvalue weighted by atomic mass is 16.2. The molecule has 2 aromatic carbocycles. The second-order valence-corrected chi connectivity index (χ2v) is 6.88. The zero-order valence-corrected chi connectivity index (χ0v) is 15.3. The Bertz CT molecular complexity index is 677. The van der Waals surface area contributed by atoms with Gasteiger partial charge in [-0.2, -0.15) is 0 Å². The van der Waals surface area contributed by atoms with Gasteiger partial charge >= 0.3 is 6.03 Å². The molecule has 0 radical (unpaired) electrons. The van der Waals surface area contributed by atoms with Gasteiger partial charge in [0.15, 0.2) is 0 Å². The molecule has 0 saturated heterocycles. The zero-order valence-electron chi connectivity index (χ0n) is 15.3. The summed E-state index contributed by atoms with van der Waals surface area (Å²) in [5, 5.41) is 5.93. The standard InChI is InChI=1S/C21H28N2O/c1-14(2)19-12-11-18(13-20(19)15(3)4)23-21(24)22-16(5)17-9-7-6-8-10-17/h6-16H,1-5H3,(H2,22,23,24). The molecule has 24 heavy (non-hydrogen) atoms. The summed E-state index contributed by atoms with van der Waals surface area (Å²) >= 11 is 0. The Kier molecular flexibility index (Phi) is 6.02. The molecular formula is C21H28N2O. The Hall–Kier alpha value is -2.29. The topological polar surface area (TPSA) is 41.1 Å². The summed E-state index contributed by atoms with van der Waals surface area (Å²) in [5.41, 5.74) is 4.55. The Morgan fingerprint density at radius 1 is 0.833 bits per heavy atom. The van der Waals surface area contributed by atoms with E-state index in [0.717, 1.165) is 11.3 Å². The molecule has 2 rings (SSSR count). The Labute approximate surface area is 145 Å². The van der Waals surface area contributed by atoms with Crippen LogP contribution in [0.2, 0.25) is 0 Å². The largest absolute Gasteiger partial charge is 0.331 e. The molecule has 1 atom stereocenters. The number of hydrogen-bond acceptors (Lipinski definition) is 1. The second-order valence-electron chi connectivity index (χ2n) is 6.88. The van der Waals surface area contributed by atoms with Crippen molar-refractivity contribution in [2.45, 2.75) is 52.5 Å². The average Bonchev–Trinajstić information content (AvgIpc) is 2.55. The van der Waals surface area contributed by atoms with Gasteiger partial charge < -0.3 is 10.6 Å². The molecule has 0 heterocycles. The third-order valence-electron chi connectivity index (χ3n) is 4.24. The van der Waals surface area contributed by atoms with E-state index >= 15 is 0 Å². The fourth-order valence-corrected chi connectivity index (χ4v) is 2.87. The highest BCUT2D eigenvalue weighted by molar-refractivity contribution is 5.89. The maximum Gasteiger partial charge on any atom is 0.319 e. The molecule has 0 bridgehead atoms. The smallest absolute Gasteiger partial charge is 0.319 e. The number of nitrogens with one attached hydrogen (secondary N) is 2. The van der Waals surface area contributed by atoms with Gasteiger partial charge in [0.1, 0.15) is 0 Å². The van der Waals surface area contributed by atoms with Crippen LogP contribution in [0.4, 0.5) is 10.5 Å². The van der Waals surface area contributed by atoms with Crippen LogP contribution in [0.3, 0.4) is 0 Å². The van der Waals surface area contributed by atoms with Gasteiger partial charge in [-0.25, -0.2) is 4.79 Å². The molecule has 0 fully saturated rings. The fourth-order valence-electron chi connectivity index (χ4n) is 2.87. The predicted octanol–water partition coefficient (Wildman–Crippen LogP) is 5.82. The van der Waals surface area contributed by atoms with Crippen LogP contribution < -0.4 is 10.6 Å². The van der Waals surface area contributed by atoms with E-state index in [1.54, 1.807) is 0 Å². The second kappa shape index (κ2) is 8.00. The normalized spacial score (nSPS) is 12.3. The molecule has 2 amide bonds. The minimum atomic E-state index is -0.182. The molecule has 3 heteroatoms. The van der Waals surface area contributed by atoms with E-state index in [-0.39, 0.29) is 12.1 Å². The van der Waals surface area contributed by atoms with Crippen molar-refractivity contribution < 1.29 is 4.79 Å². The van der Waals surface area contributed by atoms with E-state index in [4.69, 9.17) is 0 Å². The van der Waals surface area contributed by atoms with Crippen molar-refractivity contribution in [3.8, 4) is 0 Å². The maximum atomic E-state index is 12.3. The van der Waals surface area contributed by atoms with E-state index < -0.39 is 0 Å². The highest BCUT2D eigenvalue weighted by Gasteiger charge is 2.13. The van der Waals surface area contributed by atoms with Crippen molar-refractivity contribution in [1.29, 1.82) is 0 Å². The summed E-state index contributed by atoms with van der Waals surface area (Å²) in [6.07, 6.45) is 0. The van der Waals surface area contributed by atoms with Crippen LogP contribution >= 0.6 is 0 Å². The average molecular weight is 324 g/mol. The molecule has 0 aromatic heterocycles.